The molecule has 0 radical (unpaired) electrons. The number of aliphatic hydroxyl groups excluding tert-OH is 1. The van der Waals surface area contributed by atoms with E-state index in [4.69, 9.17) is 11.6 Å². The summed E-state index contributed by atoms with van der Waals surface area (Å²) in [7, 11) is 0. The molecule has 23 heavy (non-hydrogen) atoms. The lowest BCUT2D eigenvalue weighted by Crippen LogP contribution is -2.31. The number of rotatable bonds is 7. The first kappa shape index (κ1) is 17.5. The maximum Gasteiger partial charge on any atom is 0.224 e. The molecule has 0 saturated heterocycles. The minimum atomic E-state index is -0.416. The molecular weight excluding hydrogens is 310 g/mol. The Balaban J connectivity index is 1.95. The van der Waals surface area contributed by atoms with Gasteiger partial charge in [-0.25, -0.2) is 0 Å². The van der Waals surface area contributed by atoms with E-state index >= 15 is 0 Å². The summed E-state index contributed by atoms with van der Waals surface area (Å²) >= 11 is 6.08. The van der Waals surface area contributed by atoms with Gasteiger partial charge in [0.1, 0.15) is 0 Å². The number of carbonyl (C=O) groups excluding carboxylic acids is 1. The predicted molar refractivity (Wildman–Crippen MR) is 93.6 cm³/mol. The highest BCUT2D eigenvalue weighted by atomic mass is 35.5. The molecule has 0 spiro atoms. The molecule has 0 aliphatic carbocycles. The number of aliphatic hydroxyl groups is 1. The van der Waals surface area contributed by atoms with Crippen molar-refractivity contribution in [3.8, 4) is 0 Å². The Morgan fingerprint density at radius 1 is 1.13 bits per heavy atom. The predicted octanol–water partition coefficient (Wildman–Crippen LogP) is 3.55. The lowest BCUT2D eigenvalue weighted by molar-refractivity contribution is -0.120. The summed E-state index contributed by atoms with van der Waals surface area (Å²) in [4.78, 5) is 12.2. The fraction of sp³-hybridized carbons (Fsp3) is 0.316. The molecule has 0 aromatic heterocycles. The number of carbonyl (C=O) groups is 1. The van der Waals surface area contributed by atoms with Crippen LogP contribution in [0.3, 0.4) is 0 Å². The second-order valence-electron chi connectivity index (χ2n) is 5.76. The number of hydrogen-bond donors (Lipinski definition) is 2. The lowest BCUT2D eigenvalue weighted by Gasteiger charge is -2.19. The molecule has 0 heterocycles. The van der Waals surface area contributed by atoms with Crippen LogP contribution in [0.25, 0.3) is 0 Å². The van der Waals surface area contributed by atoms with Gasteiger partial charge in [0.25, 0.3) is 0 Å². The summed E-state index contributed by atoms with van der Waals surface area (Å²) in [6.07, 6.45) is 0.451. The molecule has 2 N–H and O–H groups in total. The van der Waals surface area contributed by atoms with Crippen molar-refractivity contribution in [1.82, 2.24) is 5.32 Å². The van der Waals surface area contributed by atoms with E-state index in [1.165, 1.54) is 0 Å². The average molecular weight is 332 g/mol. The zero-order chi connectivity index (χ0) is 16.7. The summed E-state index contributed by atoms with van der Waals surface area (Å²) in [6.45, 7) is 2.26. The van der Waals surface area contributed by atoms with Crippen LogP contribution in [0.5, 0.6) is 0 Å². The van der Waals surface area contributed by atoms with Crippen molar-refractivity contribution < 1.29 is 9.90 Å². The molecule has 1 amide bonds. The number of benzene rings is 2. The highest BCUT2D eigenvalue weighted by Crippen LogP contribution is 2.21. The molecule has 122 valence electrons. The third kappa shape index (κ3) is 5.70. The van der Waals surface area contributed by atoms with E-state index in [1.807, 2.05) is 48.5 Å². The van der Waals surface area contributed by atoms with E-state index in [0.717, 1.165) is 11.1 Å². The molecule has 2 atom stereocenters. The van der Waals surface area contributed by atoms with Gasteiger partial charge < -0.3 is 10.4 Å². The van der Waals surface area contributed by atoms with Gasteiger partial charge in [0, 0.05) is 17.5 Å². The van der Waals surface area contributed by atoms with Crippen molar-refractivity contribution in [3.05, 3.63) is 70.7 Å². The Morgan fingerprint density at radius 2 is 1.78 bits per heavy atom. The lowest BCUT2D eigenvalue weighted by atomic mass is 9.93. The topological polar surface area (TPSA) is 49.3 Å². The largest absolute Gasteiger partial charge is 0.393 e. The third-order valence-corrected chi connectivity index (χ3v) is 4.12. The van der Waals surface area contributed by atoms with Gasteiger partial charge in [-0.1, -0.05) is 60.1 Å². The van der Waals surface area contributed by atoms with E-state index in [1.54, 1.807) is 13.0 Å². The summed E-state index contributed by atoms with van der Waals surface area (Å²) < 4.78 is 0. The van der Waals surface area contributed by atoms with Crippen LogP contribution in [0.4, 0.5) is 0 Å². The molecular formula is C19H22ClNO2. The van der Waals surface area contributed by atoms with Crippen molar-refractivity contribution >= 4 is 17.5 Å². The second-order valence-corrected chi connectivity index (χ2v) is 6.17. The van der Waals surface area contributed by atoms with E-state index in [2.05, 4.69) is 5.32 Å². The van der Waals surface area contributed by atoms with Gasteiger partial charge in [0.05, 0.1) is 12.5 Å². The molecule has 0 bridgehead atoms. The molecule has 4 heteroatoms. The fourth-order valence-electron chi connectivity index (χ4n) is 2.59. The highest BCUT2D eigenvalue weighted by Gasteiger charge is 2.15. The molecule has 3 nitrogen and oxygen atoms in total. The first-order chi connectivity index (χ1) is 11.1. The van der Waals surface area contributed by atoms with Crippen LogP contribution in [0.15, 0.2) is 54.6 Å². The van der Waals surface area contributed by atoms with Crippen molar-refractivity contribution in [2.75, 3.05) is 6.54 Å². The second kappa shape index (κ2) is 8.70. The monoisotopic (exact) mass is 331 g/mol. The number of amides is 1. The van der Waals surface area contributed by atoms with E-state index in [0.29, 0.717) is 18.0 Å². The van der Waals surface area contributed by atoms with Crippen LogP contribution in [0.1, 0.15) is 30.4 Å². The van der Waals surface area contributed by atoms with Crippen molar-refractivity contribution in [2.45, 2.75) is 31.8 Å². The van der Waals surface area contributed by atoms with Gasteiger partial charge in [-0.15, -0.1) is 0 Å². The Kier molecular flexibility index (Phi) is 6.63. The summed E-state index contributed by atoms with van der Waals surface area (Å²) in [6, 6.07) is 17.3. The Hall–Kier alpha value is -1.84. The zero-order valence-corrected chi connectivity index (χ0v) is 14.0. The third-order valence-electron chi connectivity index (χ3n) is 3.75. The van der Waals surface area contributed by atoms with Crippen molar-refractivity contribution in [1.29, 1.82) is 0 Å². The average Bonchev–Trinajstić information content (AvgIpc) is 2.54. The zero-order valence-electron chi connectivity index (χ0n) is 13.2. The molecule has 2 aromatic rings. The van der Waals surface area contributed by atoms with Crippen LogP contribution >= 0.6 is 11.6 Å². The van der Waals surface area contributed by atoms with E-state index in [9.17, 15) is 9.90 Å². The molecule has 0 saturated carbocycles. The first-order valence-electron chi connectivity index (χ1n) is 7.79. The molecule has 2 aromatic carbocycles. The van der Waals surface area contributed by atoms with Crippen LogP contribution < -0.4 is 5.32 Å². The Morgan fingerprint density at radius 3 is 2.43 bits per heavy atom. The summed E-state index contributed by atoms with van der Waals surface area (Å²) in [5.74, 6) is 0.0241. The minimum absolute atomic E-state index is 0.0652. The van der Waals surface area contributed by atoms with Crippen molar-refractivity contribution in [2.24, 2.45) is 0 Å². The van der Waals surface area contributed by atoms with Gasteiger partial charge >= 0.3 is 0 Å². The first-order valence-corrected chi connectivity index (χ1v) is 8.17. The maximum atomic E-state index is 12.2. The molecule has 0 fully saturated rings. The Bertz CT molecular complexity index is 628. The van der Waals surface area contributed by atoms with Gasteiger partial charge in [-0.2, -0.15) is 0 Å². The summed E-state index contributed by atoms with van der Waals surface area (Å²) in [5, 5.41) is 13.2. The van der Waals surface area contributed by atoms with E-state index in [-0.39, 0.29) is 18.2 Å². The van der Waals surface area contributed by atoms with E-state index < -0.39 is 6.10 Å². The van der Waals surface area contributed by atoms with Crippen molar-refractivity contribution in [3.63, 3.8) is 0 Å². The van der Waals surface area contributed by atoms with Gasteiger partial charge in [0.15, 0.2) is 0 Å². The molecule has 0 aliphatic heterocycles. The number of hydrogen-bond acceptors (Lipinski definition) is 2. The number of nitrogens with one attached hydrogen (secondary N) is 1. The van der Waals surface area contributed by atoms with Crippen LogP contribution in [0, 0.1) is 0 Å². The molecule has 2 rings (SSSR count). The maximum absolute atomic E-state index is 12.2. The molecule has 2 unspecified atom stereocenters. The Labute approximate surface area is 142 Å². The quantitative estimate of drug-likeness (QED) is 0.815. The molecule has 0 aliphatic rings. The minimum Gasteiger partial charge on any atom is -0.393 e. The number of halogens is 1. The van der Waals surface area contributed by atoms with Gasteiger partial charge in [0.2, 0.25) is 5.91 Å². The smallest absolute Gasteiger partial charge is 0.224 e. The van der Waals surface area contributed by atoms with Crippen LogP contribution in [-0.4, -0.2) is 23.7 Å². The SMILES string of the molecule is CC(O)CC(CNC(=O)Cc1ccccc1Cl)c1ccccc1. The van der Waals surface area contributed by atoms with Crippen LogP contribution in [0.2, 0.25) is 5.02 Å². The summed E-state index contributed by atoms with van der Waals surface area (Å²) in [5.41, 5.74) is 1.94. The van der Waals surface area contributed by atoms with Gasteiger partial charge in [-0.05, 0) is 30.5 Å². The van der Waals surface area contributed by atoms with Crippen LogP contribution in [-0.2, 0) is 11.2 Å². The highest BCUT2D eigenvalue weighted by molar-refractivity contribution is 6.31. The standard InChI is InChI=1S/C19H22ClNO2/c1-14(22)11-17(15-7-3-2-4-8-15)13-21-19(23)12-16-9-5-6-10-18(16)20/h2-10,14,17,22H,11-13H2,1H3,(H,21,23). The normalized spacial score (nSPS) is 13.3. The van der Waals surface area contributed by atoms with Gasteiger partial charge in [-0.3, -0.25) is 4.79 Å². The fourth-order valence-corrected chi connectivity index (χ4v) is 2.79.